The van der Waals surface area contributed by atoms with Gasteiger partial charge < -0.3 is 9.84 Å². The lowest BCUT2D eigenvalue weighted by Crippen LogP contribution is -2.49. The van der Waals surface area contributed by atoms with Gasteiger partial charge in [-0.1, -0.05) is 28.0 Å². The second kappa shape index (κ2) is 8.52. The number of likely N-dealkylation sites (tertiary alicyclic amines) is 1. The molecule has 0 aliphatic carbocycles. The Bertz CT molecular complexity index is 773. The van der Waals surface area contributed by atoms with E-state index in [1.807, 2.05) is 24.3 Å². The minimum Gasteiger partial charge on any atom is -0.351 e. The molecule has 1 saturated heterocycles. The van der Waals surface area contributed by atoms with Crippen LogP contribution in [0.3, 0.4) is 0 Å². The fraction of sp³-hybridized carbons (Fsp3) is 0.550. The predicted molar refractivity (Wildman–Crippen MR) is 108 cm³/mol. The van der Waals surface area contributed by atoms with Crippen molar-refractivity contribution in [1.82, 2.24) is 20.4 Å². The molecule has 1 fully saturated rings. The van der Waals surface area contributed by atoms with Crippen molar-refractivity contribution in [1.29, 1.82) is 0 Å². The first-order chi connectivity index (χ1) is 12.9. The summed E-state index contributed by atoms with van der Waals surface area (Å²) in [7, 11) is 0. The van der Waals surface area contributed by atoms with Gasteiger partial charge in [-0.15, -0.1) is 0 Å². The molecule has 1 amide bonds. The summed E-state index contributed by atoms with van der Waals surface area (Å²) in [4.78, 5) is 19.3. The number of rotatable bonds is 6. The van der Waals surface area contributed by atoms with Crippen LogP contribution in [0.1, 0.15) is 45.9 Å². The Morgan fingerprint density at radius 1 is 1.37 bits per heavy atom. The lowest BCUT2D eigenvalue weighted by Gasteiger charge is -2.33. The summed E-state index contributed by atoms with van der Waals surface area (Å²) in [6.45, 7) is 8.45. The fourth-order valence-corrected chi connectivity index (χ4v) is 3.43. The van der Waals surface area contributed by atoms with Crippen LogP contribution in [0.5, 0.6) is 0 Å². The molecule has 6 nitrogen and oxygen atoms in total. The number of amides is 1. The van der Waals surface area contributed by atoms with E-state index in [2.05, 4.69) is 57.1 Å². The molecule has 27 heavy (non-hydrogen) atoms. The van der Waals surface area contributed by atoms with Crippen molar-refractivity contribution in [2.24, 2.45) is 5.92 Å². The fourth-order valence-electron chi connectivity index (χ4n) is 3.16. The molecule has 2 heterocycles. The Hall–Kier alpha value is -1.73. The van der Waals surface area contributed by atoms with E-state index in [4.69, 9.17) is 4.52 Å². The Morgan fingerprint density at radius 3 is 2.81 bits per heavy atom. The van der Waals surface area contributed by atoms with Crippen LogP contribution in [0.2, 0.25) is 0 Å². The van der Waals surface area contributed by atoms with Crippen molar-refractivity contribution >= 4 is 21.8 Å². The summed E-state index contributed by atoms with van der Waals surface area (Å²) < 4.78 is 6.44. The number of benzene rings is 1. The number of piperidine rings is 1. The van der Waals surface area contributed by atoms with Gasteiger partial charge in [-0.2, -0.15) is 4.98 Å². The zero-order valence-corrected chi connectivity index (χ0v) is 17.8. The standard InChI is InChI=1S/C20H27BrN4O2/c1-4-20(2,3)23-19(26)15-6-5-11-25(12-15)13-17-22-18(24-27-17)14-7-9-16(21)10-8-14/h7-10,15H,4-6,11-13H2,1-3H3,(H,23,26). The van der Waals surface area contributed by atoms with Gasteiger partial charge in [-0.25, -0.2) is 0 Å². The zero-order valence-electron chi connectivity index (χ0n) is 16.2. The molecule has 0 radical (unpaired) electrons. The third-order valence-electron chi connectivity index (χ3n) is 5.15. The molecule has 2 aromatic rings. The number of carbonyl (C=O) groups excluding carboxylic acids is 1. The van der Waals surface area contributed by atoms with Crippen LogP contribution in [0.4, 0.5) is 0 Å². The molecule has 1 aromatic carbocycles. The zero-order chi connectivity index (χ0) is 19.4. The largest absolute Gasteiger partial charge is 0.351 e. The molecule has 1 aromatic heterocycles. The van der Waals surface area contributed by atoms with Crippen molar-refractivity contribution in [3.8, 4) is 11.4 Å². The second-order valence-electron chi connectivity index (χ2n) is 7.82. The van der Waals surface area contributed by atoms with Gasteiger partial charge in [0.2, 0.25) is 17.6 Å². The van der Waals surface area contributed by atoms with E-state index in [9.17, 15) is 4.79 Å². The average molecular weight is 435 g/mol. The summed E-state index contributed by atoms with van der Waals surface area (Å²) in [6.07, 6.45) is 2.84. The lowest BCUT2D eigenvalue weighted by molar-refractivity contribution is -0.128. The summed E-state index contributed by atoms with van der Waals surface area (Å²) in [5.74, 6) is 1.34. The maximum absolute atomic E-state index is 12.6. The molecular weight excluding hydrogens is 408 g/mol. The molecular formula is C20H27BrN4O2. The quantitative estimate of drug-likeness (QED) is 0.742. The highest BCUT2D eigenvalue weighted by Crippen LogP contribution is 2.22. The average Bonchev–Trinajstić information content (AvgIpc) is 3.10. The van der Waals surface area contributed by atoms with Gasteiger partial charge in [0.05, 0.1) is 12.5 Å². The number of nitrogens with one attached hydrogen (secondary N) is 1. The van der Waals surface area contributed by atoms with Crippen LogP contribution in [0.15, 0.2) is 33.3 Å². The van der Waals surface area contributed by atoms with Gasteiger partial charge in [-0.3, -0.25) is 9.69 Å². The highest BCUT2D eigenvalue weighted by molar-refractivity contribution is 9.10. The molecule has 1 aliphatic rings. The molecule has 1 atom stereocenters. The third kappa shape index (κ3) is 5.39. The van der Waals surface area contributed by atoms with E-state index in [0.29, 0.717) is 18.3 Å². The monoisotopic (exact) mass is 434 g/mol. The minimum atomic E-state index is -0.161. The first-order valence-electron chi connectivity index (χ1n) is 9.49. The highest BCUT2D eigenvalue weighted by atomic mass is 79.9. The van der Waals surface area contributed by atoms with Crippen LogP contribution in [0.25, 0.3) is 11.4 Å². The van der Waals surface area contributed by atoms with Crippen LogP contribution >= 0.6 is 15.9 Å². The van der Waals surface area contributed by atoms with Crippen molar-refractivity contribution < 1.29 is 9.32 Å². The van der Waals surface area contributed by atoms with Gasteiger partial charge in [0, 0.05) is 22.1 Å². The summed E-state index contributed by atoms with van der Waals surface area (Å²) in [5.41, 5.74) is 0.761. The van der Waals surface area contributed by atoms with Gasteiger partial charge >= 0.3 is 0 Å². The molecule has 1 N–H and O–H groups in total. The van der Waals surface area contributed by atoms with E-state index < -0.39 is 0 Å². The summed E-state index contributed by atoms with van der Waals surface area (Å²) in [5, 5.41) is 7.26. The molecule has 0 bridgehead atoms. The molecule has 3 rings (SSSR count). The van der Waals surface area contributed by atoms with Crippen molar-refractivity contribution in [3.63, 3.8) is 0 Å². The number of halogens is 1. The Labute approximate surface area is 168 Å². The number of nitrogens with zero attached hydrogens (tertiary/aromatic N) is 3. The summed E-state index contributed by atoms with van der Waals surface area (Å²) in [6, 6.07) is 7.82. The topological polar surface area (TPSA) is 71.3 Å². The minimum absolute atomic E-state index is 0.0124. The molecule has 1 aliphatic heterocycles. The number of carbonyl (C=O) groups is 1. The molecule has 146 valence electrons. The summed E-state index contributed by atoms with van der Waals surface area (Å²) >= 11 is 3.43. The van der Waals surface area contributed by atoms with Crippen LogP contribution in [-0.4, -0.2) is 39.6 Å². The van der Waals surface area contributed by atoms with Crippen molar-refractivity contribution in [2.75, 3.05) is 13.1 Å². The third-order valence-corrected chi connectivity index (χ3v) is 5.68. The van der Waals surface area contributed by atoms with E-state index in [0.717, 1.165) is 42.4 Å². The number of aromatic nitrogens is 2. The lowest BCUT2D eigenvalue weighted by atomic mass is 9.94. The smallest absolute Gasteiger partial charge is 0.241 e. The SMILES string of the molecule is CCC(C)(C)NC(=O)C1CCCN(Cc2nc(-c3ccc(Br)cc3)no2)C1. The van der Waals surface area contributed by atoms with E-state index in [1.54, 1.807) is 0 Å². The Morgan fingerprint density at radius 2 is 2.11 bits per heavy atom. The number of hydrogen-bond acceptors (Lipinski definition) is 5. The molecule has 0 saturated carbocycles. The van der Waals surface area contributed by atoms with E-state index >= 15 is 0 Å². The first-order valence-corrected chi connectivity index (χ1v) is 10.3. The van der Waals surface area contributed by atoms with Crippen LogP contribution in [0, 0.1) is 5.92 Å². The van der Waals surface area contributed by atoms with Crippen molar-refractivity contribution in [2.45, 2.75) is 52.1 Å². The first kappa shape index (κ1) is 20.0. The second-order valence-corrected chi connectivity index (χ2v) is 8.74. The van der Waals surface area contributed by atoms with Gasteiger partial charge in [0.1, 0.15) is 0 Å². The molecule has 0 spiro atoms. The van der Waals surface area contributed by atoms with E-state index in [-0.39, 0.29) is 17.4 Å². The Kier molecular flexibility index (Phi) is 6.32. The van der Waals surface area contributed by atoms with Crippen LogP contribution < -0.4 is 5.32 Å². The molecule has 1 unspecified atom stereocenters. The van der Waals surface area contributed by atoms with Crippen molar-refractivity contribution in [3.05, 3.63) is 34.6 Å². The van der Waals surface area contributed by atoms with E-state index in [1.165, 1.54) is 0 Å². The van der Waals surface area contributed by atoms with Gasteiger partial charge in [-0.05, 0) is 63.9 Å². The van der Waals surface area contributed by atoms with Gasteiger partial charge in [0.15, 0.2) is 0 Å². The van der Waals surface area contributed by atoms with Gasteiger partial charge in [0.25, 0.3) is 0 Å². The predicted octanol–water partition coefficient (Wildman–Crippen LogP) is 4.02. The maximum atomic E-state index is 12.6. The molecule has 7 heteroatoms. The normalized spacial score (nSPS) is 18.4. The maximum Gasteiger partial charge on any atom is 0.241 e. The number of hydrogen-bond donors (Lipinski definition) is 1. The van der Waals surface area contributed by atoms with Crippen LogP contribution in [-0.2, 0) is 11.3 Å². The Balaban J connectivity index is 1.59. The highest BCUT2D eigenvalue weighted by Gasteiger charge is 2.29.